The molecule has 0 spiro atoms. The molecule has 0 bridgehead atoms. The predicted molar refractivity (Wildman–Crippen MR) is 57.1 cm³/mol. The molecule has 0 heterocycles. The van der Waals surface area contributed by atoms with Crippen LogP contribution in [0.4, 0.5) is 0 Å². The number of carbonyl (C=O) groups excluding carboxylic acids is 1. The molecule has 0 saturated carbocycles. The van der Waals surface area contributed by atoms with Crippen molar-refractivity contribution in [3.8, 4) is 0 Å². The summed E-state index contributed by atoms with van der Waals surface area (Å²) in [7, 11) is 0. The predicted octanol–water partition coefficient (Wildman–Crippen LogP) is 2.21. The number of Topliss-reactive ketones (excluding diaryl/α,β-unsaturated/α-hetero) is 1. The summed E-state index contributed by atoms with van der Waals surface area (Å²) in [5.41, 5.74) is 2.11. The number of rotatable bonds is 4. The highest BCUT2D eigenvalue weighted by atomic mass is 16.4. The summed E-state index contributed by atoms with van der Waals surface area (Å²) in [5.74, 6) is -0.918. The maximum Gasteiger partial charge on any atom is 0.307 e. The first-order valence-electron chi connectivity index (χ1n) is 4.89. The van der Waals surface area contributed by atoms with Crippen LogP contribution in [-0.2, 0) is 11.2 Å². The normalized spacial score (nSPS) is 10.0. The fourth-order valence-electron chi connectivity index (χ4n) is 1.46. The van der Waals surface area contributed by atoms with Crippen LogP contribution >= 0.6 is 0 Å². The Morgan fingerprint density at radius 3 is 2.53 bits per heavy atom. The molecule has 15 heavy (non-hydrogen) atoms. The monoisotopic (exact) mass is 206 g/mol. The summed E-state index contributed by atoms with van der Waals surface area (Å²) >= 11 is 0. The standard InChI is InChI=1S/C12H14O3/c1-3-11(13)10-6-8(2)4-5-9(10)7-12(14)15/h4-6H,3,7H2,1-2H3,(H,14,15). The number of benzene rings is 1. The third kappa shape index (κ3) is 2.91. The van der Waals surface area contributed by atoms with Crippen LogP contribution in [-0.4, -0.2) is 16.9 Å². The fourth-order valence-corrected chi connectivity index (χ4v) is 1.46. The summed E-state index contributed by atoms with van der Waals surface area (Å²) in [6.45, 7) is 3.66. The Bertz CT molecular complexity index is 394. The minimum Gasteiger partial charge on any atom is -0.481 e. The van der Waals surface area contributed by atoms with E-state index in [1.807, 2.05) is 13.0 Å². The third-order valence-electron chi connectivity index (χ3n) is 2.23. The van der Waals surface area contributed by atoms with Gasteiger partial charge in [-0.05, 0) is 18.6 Å². The van der Waals surface area contributed by atoms with Crippen LogP contribution in [0.25, 0.3) is 0 Å². The van der Waals surface area contributed by atoms with Gasteiger partial charge in [0.05, 0.1) is 6.42 Å². The summed E-state index contributed by atoms with van der Waals surface area (Å²) in [6.07, 6.45) is 0.303. The van der Waals surface area contributed by atoms with Gasteiger partial charge >= 0.3 is 5.97 Å². The number of carboxylic acid groups (broad SMARTS) is 1. The van der Waals surface area contributed by atoms with Crippen LogP contribution in [0.1, 0.15) is 34.8 Å². The van der Waals surface area contributed by atoms with Crippen LogP contribution in [0.15, 0.2) is 18.2 Å². The van der Waals surface area contributed by atoms with Crippen LogP contribution in [0.2, 0.25) is 0 Å². The first-order valence-corrected chi connectivity index (χ1v) is 4.89. The number of ketones is 1. The minimum absolute atomic E-state index is 0.00468. The van der Waals surface area contributed by atoms with Crippen molar-refractivity contribution < 1.29 is 14.7 Å². The van der Waals surface area contributed by atoms with Gasteiger partial charge in [-0.3, -0.25) is 9.59 Å². The molecule has 0 radical (unpaired) electrons. The molecule has 80 valence electrons. The number of aryl methyl sites for hydroxylation is 1. The second-order valence-corrected chi connectivity index (χ2v) is 3.51. The topological polar surface area (TPSA) is 54.4 Å². The molecule has 1 aromatic carbocycles. The van der Waals surface area contributed by atoms with E-state index in [-0.39, 0.29) is 12.2 Å². The largest absolute Gasteiger partial charge is 0.481 e. The molecule has 0 unspecified atom stereocenters. The number of hydrogen-bond donors (Lipinski definition) is 1. The zero-order valence-electron chi connectivity index (χ0n) is 8.91. The maximum absolute atomic E-state index is 11.6. The molecule has 0 aliphatic rings. The quantitative estimate of drug-likeness (QED) is 0.768. The molecule has 0 aliphatic carbocycles. The first-order chi connectivity index (χ1) is 7.04. The molecular weight excluding hydrogens is 192 g/mol. The Kier molecular flexibility index (Phi) is 3.61. The van der Waals surface area contributed by atoms with Crippen LogP contribution < -0.4 is 0 Å². The molecule has 0 amide bonds. The van der Waals surface area contributed by atoms with Crippen LogP contribution in [0, 0.1) is 6.92 Å². The van der Waals surface area contributed by atoms with Gasteiger partial charge in [0, 0.05) is 12.0 Å². The average molecular weight is 206 g/mol. The van der Waals surface area contributed by atoms with Crippen molar-refractivity contribution in [1.82, 2.24) is 0 Å². The summed E-state index contributed by atoms with van der Waals surface area (Å²) in [5, 5.41) is 8.70. The van der Waals surface area contributed by atoms with Crippen molar-refractivity contribution in [2.45, 2.75) is 26.7 Å². The van der Waals surface area contributed by atoms with Crippen molar-refractivity contribution in [1.29, 1.82) is 0 Å². The lowest BCUT2D eigenvalue weighted by Crippen LogP contribution is -2.08. The van der Waals surface area contributed by atoms with Gasteiger partial charge in [0.15, 0.2) is 5.78 Å². The molecule has 0 aromatic heterocycles. The van der Waals surface area contributed by atoms with E-state index in [1.165, 1.54) is 0 Å². The van der Waals surface area contributed by atoms with Gasteiger partial charge in [0.25, 0.3) is 0 Å². The van der Waals surface area contributed by atoms with E-state index < -0.39 is 5.97 Å². The maximum atomic E-state index is 11.6. The second-order valence-electron chi connectivity index (χ2n) is 3.51. The van der Waals surface area contributed by atoms with E-state index in [0.717, 1.165) is 5.56 Å². The molecule has 1 N–H and O–H groups in total. The molecule has 3 heteroatoms. The van der Waals surface area contributed by atoms with E-state index in [2.05, 4.69) is 0 Å². The highest BCUT2D eigenvalue weighted by Gasteiger charge is 2.12. The lowest BCUT2D eigenvalue weighted by atomic mass is 9.97. The van der Waals surface area contributed by atoms with Gasteiger partial charge in [-0.15, -0.1) is 0 Å². The highest BCUT2D eigenvalue weighted by molar-refractivity contribution is 5.98. The Labute approximate surface area is 88.7 Å². The van der Waals surface area contributed by atoms with Gasteiger partial charge in [-0.2, -0.15) is 0 Å². The average Bonchev–Trinajstić information content (AvgIpc) is 2.19. The third-order valence-corrected chi connectivity index (χ3v) is 2.23. The smallest absolute Gasteiger partial charge is 0.307 e. The molecule has 3 nitrogen and oxygen atoms in total. The first kappa shape index (κ1) is 11.4. The molecule has 0 fully saturated rings. The van der Waals surface area contributed by atoms with Crippen LogP contribution in [0.5, 0.6) is 0 Å². The summed E-state index contributed by atoms with van der Waals surface area (Å²) in [6, 6.07) is 5.29. The molecular formula is C12H14O3. The minimum atomic E-state index is -0.913. The summed E-state index contributed by atoms with van der Waals surface area (Å²) in [4.78, 5) is 22.2. The van der Waals surface area contributed by atoms with Gasteiger partial charge in [0.1, 0.15) is 0 Å². The lowest BCUT2D eigenvalue weighted by molar-refractivity contribution is -0.136. The Morgan fingerprint density at radius 2 is 2.00 bits per heavy atom. The van der Waals surface area contributed by atoms with Crippen LogP contribution in [0.3, 0.4) is 0 Å². The summed E-state index contributed by atoms with van der Waals surface area (Å²) < 4.78 is 0. The Balaban J connectivity index is 3.14. The van der Waals surface area contributed by atoms with E-state index in [0.29, 0.717) is 17.5 Å². The number of aliphatic carboxylic acids is 1. The van der Waals surface area contributed by atoms with Crippen molar-refractivity contribution in [3.63, 3.8) is 0 Å². The second kappa shape index (κ2) is 4.73. The van der Waals surface area contributed by atoms with Gasteiger partial charge < -0.3 is 5.11 Å². The fraction of sp³-hybridized carbons (Fsp3) is 0.333. The molecule has 0 aliphatic heterocycles. The molecule has 1 aromatic rings. The molecule has 0 atom stereocenters. The molecule has 0 saturated heterocycles. The SMILES string of the molecule is CCC(=O)c1cc(C)ccc1CC(=O)O. The van der Waals surface area contributed by atoms with Crippen molar-refractivity contribution in [2.75, 3.05) is 0 Å². The lowest BCUT2D eigenvalue weighted by Gasteiger charge is -2.06. The Hall–Kier alpha value is -1.64. The zero-order chi connectivity index (χ0) is 11.4. The number of carbonyl (C=O) groups is 2. The number of hydrogen-bond acceptors (Lipinski definition) is 2. The molecule has 1 rings (SSSR count). The van der Waals surface area contributed by atoms with Crippen molar-refractivity contribution >= 4 is 11.8 Å². The number of carboxylic acids is 1. The zero-order valence-corrected chi connectivity index (χ0v) is 8.91. The van der Waals surface area contributed by atoms with Gasteiger partial charge in [-0.25, -0.2) is 0 Å². The van der Waals surface area contributed by atoms with E-state index in [9.17, 15) is 9.59 Å². The van der Waals surface area contributed by atoms with Gasteiger partial charge in [0.2, 0.25) is 0 Å². The van der Waals surface area contributed by atoms with E-state index in [1.54, 1.807) is 19.1 Å². The Morgan fingerprint density at radius 1 is 1.33 bits per heavy atom. The van der Waals surface area contributed by atoms with Gasteiger partial charge in [-0.1, -0.05) is 24.6 Å². The van der Waals surface area contributed by atoms with Crippen molar-refractivity contribution in [2.24, 2.45) is 0 Å². The van der Waals surface area contributed by atoms with E-state index in [4.69, 9.17) is 5.11 Å². The highest BCUT2D eigenvalue weighted by Crippen LogP contribution is 2.14. The van der Waals surface area contributed by atoms with E-state index >= 15 is 0 Å². The van der Waals surface area contributed by atoms with Crippen molar-refractivity contribution in [3.05, 3.63) is 34.9 Å².